The molecule has 2 heterocycles. The van der Waals surface area contributed by atoms with Crippen LogP contribution in [0.2, 0.25) is 0 Å². The van der Waals surface area contributed by atoms with Gasteiger partial charge in [-0.15, -0.1) is 0 Å². The molecule has 1 saturated heterocycles. The largest absolute Gasteiger partial charge is 0.377 e. The van der Waals surface area contributed by atoms with Crippen molar-refractivity contribution in [3.8, 4) is 0 Å². The van der Waals surface area contributed by atoms with Crippen molar-refractivity contribution >= 4 is 5.82 Å². The van der Waals surface area contributed by atoms with Gasteiger partial charge in [0.15, 0.2) is 0 Å². The molecule has 0 amide bonds. The number of hydrogen-bond donors (Lipinski definition) is 0. The summed E-state index contributed by atoms with van der Waals surface area (Å²) in [5, 5.41) is 0. The van der Waals surface area contributed by atoms with Gasteiger partial charge in [-0.3, -0.25) is 0 Å². The summed E-state index contributed by atoms with van der Waals surface area (Å²) in [5.74, 6) is 1.67. The second-order valence-corrected chi connectivity index (χ2v) is 6.14. The van der Waals surface area contributed by atoms with E-state index < -0.39 is 0 Å². The first-order valence-electron chi connectivity index (χ1n) is 6.65. The van der Waals surface area contributed by atoms with Gasteiger partial charge in [-0.1, -0.05) is 13.8 Å². The molecule has 98 valence electrons. The van der Waals surface area contributed by atoms with E-state index >= 15 is 0 Å². The zero-order valence-corrected chi connectivity index (χ0v) is 11.6. The maximum atomic E-state index is 5.85. The monoisotopic (exact) mass is 247 g/mol. The third-order valence-corrected chi connectivity index (χ3v) is 4.61. The predicted molar refractivity (Wildman–Crippen MR) is 70.6 cm³/mol. The lowest BCUT2D eigenvalue weighted by molar-refractivity contribution is -0.101. The third kappa shape index (κ3) is 1.55. The Morgan fingerprint density at radius 2 is 2.17 bits per heavy atom. The van der Waals surface area contributed by atoms with Gasteiger partial charge >= 0.3 is 0 Å². The van der Waals surface area contributed by atoms with Crippen LogP contribution >= 0.6 is 0 Å². The van der Waals surface area contributed by atoms with Gasteiger partial charge in [-0.05, 0) is 13.3 Å². The van der Waals surface area contributed by atoms with E-state index in [4.69, 9.17) is 4.74 Å². The molecule has 1 aromatic heterocycles. The van der Waals surface area contributed by atoms with E-state index in [0.717, 1.165) is 18.1 Å². The number of hydrogen-bond acceptors (Lipinski definition) is 4. The molecule has 0 radical (unpaired) electrons. The van der Waals surface area contributed by atoms with E-state index in [1.807, 2.05) is 6.92 Å². The lowest BCUT2D eigenvalue weighted by Gasteiger charge is -2.58. The Bertz CT molecular complexity index is 460. The van der Waals surface area contributed by atoms with Crippen LogP contribution in [0.3, 0.4) is 0 Å². The van der Waals surface area contributed by atoms with Crippen LogP contribution < -0.4 is 4.90 Å². The van der Waals surface area contributed by atoms with Gasteiger partial charge in [0.05, 0.1) is 6.10 Å². The molecule has 0 aromatic carbocycles. The summed E-state index contributed by atoms with van der Waals surface area (Å²) in [6.45, 7) is 7.52. The summed E-state index contributed by atoms with van der Waals surface area (Å²) in [7, 11) is 2.14. The molecule has 3 atom stereocenters. The molecular weight excluding hydrogens is 226 g/mol. The van der Waals surface area contributed by atoms with E-state index in [1.165, 1.54) is 6.42 Å². The Morgan fingerprint density at radius 1 is 1.39 bits per heavy atom. The van der Waals surface area contributed by atoms with Crippen molar-refractivity contribution in [2.75, 3.05) is 18.6 Å². The van der Waals surface area contributed by atoms with Crippen molar-refractivity contribution in [2.45, 2.75) is 39.3 Å². The third-order valence-electron chi connectivity index (χ3n) is 4.61. The first-order chi connectivity index (χ1) is 8.51. The van der Waals surface area contributed by atoms with Crippen LogP contribution in [0.4, 0.5) is 5.82 Å². The van der Waals surface area contributed by atoms with Crippen LogP contribution in [0.1, 0.15) is 26.0 Å². The number of fused-ring (bicyclic) bond motifs is 1. The molecule has 0 N–H and O–H groups in total. The molecular formula is C14H21N3O. The Labute approximate surface area is 108 Å². The highest BCUT2D eigenvalue weighted by molar-refractivity contribution is 5.42. The van der Waals surface area contributed by atoms with E-state index in [-0.39, 0.29) is 5.41 Å². The fourth-order valence-corrected chi connectivity index (χ4v) is 3.86. The number of nitrogens with zero attached hydrogens (tertiary/aromatic N) is 3. The highest BCUT2D eigenvalue weighted by Crippen LogP contribution is 2.54. The van der Waals surface area contributed by atoms with Gasteiger partial charge in [0, 0.05) is 42.8 Å². The number of aromatic nitrogens is 2. The summed E-state index contributed by atoms with van der Waals surface area (Å²) in [5.41, 5.74) is 1.22. The van der Waals surface area contributed by atoms with Crippen molar-refractivity contribution in [2.24, 2.45) is 11.3 Å². The Hall–Kier alpha value is -1.16. The van der Waals surface area contributed by atoms with Gasteiger partial charge in [0.2, 0.25) is 0 Å². The topological polar surface area (TPSA) is 38.2 Å². The summed E-state index contributed by atoms with van der Waals surface area (Å²) in [6.07, 6.45) is 3.25. The molecule has 1 aromatic rings. The average Bonchev–Trinajstić information content (AvgIpc) is 2.75. The molecule has 1 aliphatic carbocycles. The number of rotatable bonds is 2. The molecule has 4 heteroatoms. The second-order valence-electron chi connectivity index (χ2n) is 6.14. The van der Waals surface area contributed by atoms with Crippen LogP contribution in [-0.4, -0.2) is 35.8 Å². The summed E-state index contributed by atoms with van der Waals surface area (Å²) < 4.78 is 5.85. The van der Waals surface area contributed by atoms with E-state index in [1.54, 1.807) is 6.33 Å². The Balaban J connectivity index is 1.87. The molecule has 18 heavy (non-hydrogen) atoms. The predicted octanol–water partition coefficient (Wildman–Crippen LogP) is 2.03. The number of aryl methyl sites for hydroxylation is 1. The molecule has 2 fully saturated rings. The van der Waals surface area contributed by atoms with E-state index in [2.05, 4.69) is 41.8 Å². The van der Waals surface area contributed by atoms with Crippen molar-refractivity contribution in [1.29, 1.82) is 0 Å². The highest BCUT2D eigenvalue weighted by Gasteiger charge is 2.60. The second kappa shape index (κ2) is 3.92. The number of ether oxygens (including phenoxy) is 1. The van der Waals surface area contributed by atoms with Gasteiger partial charge < -0.3 is 9.64 Å². The molecule has 1 saturated carbocycles. The maximum absolute atomic E-state index is 5.85. The fraction of sp³-hybridized carbons (Fsp3) is 0.714. The van der Waals surface area contributed by atoms with Crippen LogP contribution in [0.25, 0.3) is 0 Å². The lowest BCUT2D eigenvalue weighted by Crippen LogP contribution is -2.66. The smallest absolute Gasteiger partial charge is 0.132 e. The molecule has 4 nitrogen and oxygen atoms in total. The van der Waals surface area contributed by atoms with Gasteiger partial charge in [-0.25, -0.2) is 9.97 Å². The summed E-state index contributed by atoms with van der Waals surface area (Å²) >= 11 is 0. The average molecular weight is 247 g/mol. The van der Waals surface area contributed by atoms with Crippen LogP contribution in [0, 0.1) is 18.3 Å². The fourth-order valence-electron chi connectivity index (χ4n) is 3.86. The zero-order chi connectivity index (χ0) is 12.9. The minimum absolute atomic E-state index is 0.203. The van der Waals surface area contributed by atoms with Gasteiger partial charge in [0.1, 0.15) is 12.1 Å². The Kier molecular flexibility index (Phi) is 2.59. The maximum Gasteiger partial charge on any atom is 0.132 e. The minimum Gasteiger partial charge on any atom is -0.377 e. The SMILES string of the molecule is Cc1cc(N(C)C2C3CCOC3C2(C)C)ncn1. The highest BCUT2D eigenvalue weighted by atomic mass is 16.5. The molecule has 1 aliphatic heterocycles. The molecule has 2 aliphatic rings. The van der Waals surface area contributed by atoms with Crippen LogP contribution in [-0.2, 0) is 4.74 Å². The zero-order valence-electron chi connectivity index (χ0n) is 11.6. The van der Waals surface area contributed by atoms with Crippen molar-refractivity contribution < 1.29 is 4.74 Å². The Morgan fingerprint density at radius 3 is 2.89 bits per heavy atom. The van der Waals surface area contributed by atoms with Crippen LogP contribution in [0.15, 0.2) is 12.4 Å². The molecule has 0 bridgehead atoms. The first-order valence-corrected chi connectivity index (χ1v) is 6.65. The van der Waals surface area contributed by atoms with Gasteiger partial charge in [0.25, 0.3) is 0 Å². The number of anilines is 1. The molecule has 3 rings (SSSR count). The molecule has 3 unspecified atom stereocenters. The molecule has 0 spiro atoms. The first kappa shape index (κ1) is 11.9. The van der Waals surface area contributed by atoms with E-state index in [9.17, 15) is 0 Å². The normalized spacial score (nSPS) is 32.8. The summed E-state index contributed by atoms with van der Waals surface area (Å²) in [4.78, 5) is 10.9. The standard InChI is InChI=1S/C14H21N3O/c1-9-7-11(16-8-15-9)17(4)12-10-5-6-18-13(10)14(12,2)3/h7-8,10,12-13H,5-6H2,1-4H3. The van der Waals surface area contributed by atoms with Crippen molar-refractivity contribution in [1.82, 2.24) is 9.97 Å². The van der Waals surface area contributed by atoms with Crippen molar-refractivity contribution in [3.63, 3.8) is 0 Å². The van der Waals surface area contributed by atoms with Gasteiger partial charge in [-0.2, -0.15) is 0 Å². The lowest BCUT2D eigenvalue weighted by atomic mass is 9.57. The van der Waals surface area contributed by atoms with E-state index in [0.29, 0.717) is 18.1 Å². The quantitative estimate of drug-likeness (QED) is 0.801. The van der Waals surface area contributed by atoms with Crippen molar-refractivity contribution in [3.05, 3.63) is 18.1 Å². The van der Waals surface area contributed by atoms with Crippen LogP contribution in [0.5, 0.6) is 0 Å². The minimum atomic E-state index is 0.203. The summed E-state index contributed by atoms with van der Waals surface area (Å²) in [6, 6.07) is 2.57.